The summed E-state index contributed by atoms with van der Waals surface area (Å²) in [7, 11) is 3.27. The molecule has 1 aliphatic rings. The van der Waals surface area contributed by atoms with E-state index in [2.05, 4.69) is 6.07 Å². The normalized spacial score (nSPS) is 21.8. The molecule has 4 nitrogen and oxygen atoms in total. The Morgan fingerprint density at radius 2 is 1.95 bits per heavy atom. The average molecular weight is 310 g/mol. The van der Waals surface area contributed by atoms with Gasteiger partial charge < -0.3 is 14.6 Å². The molecule has 0 aromatic heterocycles. The fourth-order valence-corrected chi connectivity index (χ4v) is 4.15. The molecule has 2 atom stereocenters. The van der Waals surface area contributed by atoms with Gasteiger partial charge >= 0.3 is 5.97 Å². The maximum atomic E-state index is 10.8. The third-order valence-electron chi connectivity index (χ3n) is 3.96. The van der Waals surface area contributed by atoms with Crippen LogP contribution in [0.2, 0.25) is 0 Å². The van der Waals surface area contributed by atoms with Crippen LogP contribution in [0.15, 0.2) is 18.2 Å². The van der Waals surface area contributed by atoms with Crippen LogP contribution >= 0.6 is 11.8 Å². The minimum absolute atomic E-state index is 0.175. The molecule has 1 aromatic carbocycles. The molecule has 0 saturated heterocycles. The summed E-state index contributed by atoms with van der Waals surface area (Å²) in [5.41, 5.74) is 1.22. The summed E-state index contributed by atoms with van der Waals surface area (Å²) in [5.74, 6) is 1.29. The van der Waals surface area contributed by atoms with E-state index in [0.717, 1.165) is 24.3 Å². The van der Waals surface area contributed by atoms with E-state index in [1.807, 2.05) is 12.1 Å². The van der Waals surface area contributed by atoms with Crippen molar-refractivity contribution in [2.45, 2.75) is 36.9 Å². The lowest BCUT2D eigenvalue weighted by molar-refractivity contribution is -0.133. The monoisotopic (exact) mass is 310 g/mol. The van der Waals surface area contributed by atoms with E-state index in [9.17, 15) is 4.79 Å². The molecule has 0 unspecified atom stereocenters. The van der Waals surface area contributed by atoms with Gasteiger partial charge in [-0.1, -0.05) is 18.9 Å². The SMILES string of the molecule is COc1ccc([C@H]2CCCC[C@H]2SCC(=O)O)cc1OC. The van der Waals surface area contributed by atoms with Crippen LogP contribution in [0.5, 0.6) is 11.5 Å². The van der Waals surface area contributed by atoms with E-state index in [0.29, 0.717) is 11.2 Å². The van der Waals surface area contributed by atoms with Crippen molar-refractivity contribution in [3.05, 3.63) is 23.8 Å². The smallest absolute Gasteiger partial charge is 0.313 e. The van der Waals surface area contributed by atoms with Gasteiger partial charge in [-0.2, -0.15) is 0 Å². The molecule has 21 heavy (non-hydrogen) atoms. The van der Waals surface area contributed by atoms with Crippen molar-refractivity contribution < 1.29 is 19.4 Å². The number of carbonyl (C=O) groups is 1. The van der Waals surface area contributed by atoms with E-state index in [4.69, 9.17) is 14.6 Å². The summed E-state index contributed by atoms with van der Waals surface area (Å²) in [4.78, 5) is 10.8. The van der Waals surface area contributed by atoms with Crippen molar-refractivity contribution in [2.75, 3.05) is 20.0 Å². The molecule has 0 aliphatic heterocycles. The highest BCUT2D eigenvalue weighted by Crippen LogP contribution is 2.42. The Morgan fingerprint density at radius 3 is 2.62 bits per heavy atom. The highest BCUT2D eigenvalue weighted by molar-refractivity contribution is 8.00. The first kappa shape index (κ1) is 16.0. The van der Waals surface area contributed by atoms with E-state index < -0.39 is 5.97 Å². The van der Waals surface area contributed by atoms with Gasteiger partial charge in [0.25, 0.3) is 0 Å². The predicted octanol–water partition coefficient (Wildman–Crippen LogP) is 3.55. The second kappa shape index (κ2) is 7.59. The van der Waals surface area contributed by atoms with E-state index in [-0.39, 0.29) is 5.75 Å². The highest BCUT2D eigenvalue weighted by atomic mass is 32.2. The lowest BCUT2D eigenvalue weighted by Gasteiger charge is -2.31. The average Bonchev–Trinajstić information content (AvgIpc) is 2.52. The maximum Gasteiger partial charge on any atom is 0.313 e. The summed E-state index contributed by atoms with van der Waals surface area (Å²) in [6, 6.07) is 6.04. The molecule has 0 amide bonds. The van der Waals surface area contributed by atoms with Crippen molar-refractivity contribution in [3.63, 3.8) is 0 Å². The summed E-state index contributed by atoms with van der Waals surface area (Å²) >= 11 is 1.56. The molecule has 0 bridgehead atoms. The first-order chi connectivity index (χ1) is 10.2. The predicted molar refractivity (Wildman–Crippen MR) is 84.6 cm³/mol. The molecule has 116 valence electrons. The Morgan fingerprint density at radius 1 is 1.24 bits per heavy atom. The third-order valence-corrected chi connectivity index (χ3v) is 5.37. The Hall–Kier alpha value is -1.36. The number of hydrogen-bond acceptors (Lipinski definition) is 4. The first-order valence-electron chi connectivity index (χ1n) is 7.21. The van der Waals surface area contributed by atoms with Crippen LogP contribution in [0.1, 0.15) is 37.2 Å². The minimum atomic E-state index is -0.739. The van der Waals surface area contributed by atoms with Gasteiger partial charge in [0.1, 0.15) is 0 Å². The number of carboxylic acid groups (broad SMARTS) is 1. The molecule has 0 spiro atoms. The van der Waals surface area contributed by atoms with Crippen LogP contribution in [0, 0.1) is 0 Å². The van der Waals surface area contributed by atoms with Crippen molar-refractivity contribution in [3.8, 4) is 11.5 Å². The molecule has 1 fully saturated rings. The molecule has 1 aromatic rings. The number of hydrogen-bond donors (Lipinski definition) is 1. The molecular weight excluding hydrogens is 288 g/mol. The van der Waals surface area contributed by atoms with Crippen LogP contribution in [0.25, 0.3) is 0 Å². The van der Waals surface area contributed by atoms with Crippen LogP contribution in [-0.2, 0) is 4.79 Å². The Bertz CT molecular complexity index is 489. The zero-order valence-electron chi connectivity index (χ0n) is 12.5. The second-order valence-electron chi connectivity index (χ2n) is 5.25. The van der Waals surface area contributed by atoms with E-state index in [1.54, 1.807) is 26.0 Å². The molecule has 1 saturated carbocycles. The number of ether oxygens (including phenoxy) is 2. The van der Waals surface area contributed by atoms with Gasteiger partial charge in [-0.3, -0.25) is 4.79 Å². The van der Waals surface area contributed by atoms with Gasteiger partial charge in [0.2, 0.25) is 0 Å². The van der Waals surface area contributed by atoms with Gasteiger partial charge in [0, 0.05) is 5.25 Å². The molecule has 5 heteroatoms. The summed E-state index contributed by atoms with van der Waals surface area (Å²) < 4.78 is 10.7. The third kappa shape index (κ3) is 4.06. The molecule has 1 N–H and O–H groups in total. The lowest BCUT2D eigenvalue weighted by Crippen LogP contribution is -2.21. The van der Waals surface area contributed by atoms with E-state index in [1.165, 1.54) is 18.4 Å². The largest absolute Gasteiger partial charge is 0.493 e. The van der Waals surface area contributed by atoms with Gasteiger partial charge in [0.15, 0.2) is 11.5 Å². The molecule has 2 rings (SSSR count). The zero-order chi connectivity index (χ0) is 15.2. The number of carboxylic acids is 1. The summed E-state index contributed by atoms with van der Waals surface area (Å²) in [5, 5.41) is 9.26. The highest BCUT2D eigenvalue weighted by Gasteiger charge is 2.28. The number of benzene rings is 1. The quantitative estimate of drug-likeness (QED) is 0.871. The summed E-state index contributed by atoms with van der Waals surface area (Å²) in [6.45, 7) is 0. The number of aliphatic carboxylic acids is 1. The fraction of sp³-hybridized carbons (Fsp3) is 0.562. The molecule has 0 heterocycles. The molecule has 0 radical (unpaired) electrons. The van der Waals surface area contributed by atoms with Crippen molar-refractivity contribution in [2.24, 2.45) is 0 Å². The van der Waals surface area contributed by atoms with Crippen molar-refractivity contribution >= 4 is 17.7 Å². The lowest BCUT2D eigenvalue weighted by atomic mass is 9.83. The van der Waals surface area contributed by atoms with E-state index >= 15 is 0 Å². The Kier molecular flexibility index (Phi) is 5.79. The van der Waals surface area contributed by atoms with Gasteiger partial charge in [-0.05, 0) is 36.5 Å². The van der Waals surface area contributed by atoms with Gasteiger partial charge in [0.05, 0.1) is 20.0 Å². The maximum absolute atomic E-state index is 10.8. The number of methoxy groups -OCH3 is 2. The van der Waals surface area contributed by atoms with Crippen LogP contribution in [-0.4, -0.2) is 36.3 Å². The van der Waals surface area contributed by atoms with Gasteiger partial charge in [-0.25, -0.2) is 0 Å². The standard InChI is InChI=1S/C16H22O4S/c1-19-13-8-7-11(9-14(13)20-2)12-5-3-4-6-15(12)21-10-16(17)18/h7-9,12,15H,3-6,10H2,1-2H3,(H,17,18)/t12-,15-/m1/s1. The number of rotatable bonds is 6. The second-order valence-corrected chi connectivity index (χ2v) is 6.48. The van der Waals surface area contributed by atoms with Crippen LogP contribution in [0.4, 0.5) is 0 Å². The van der Waals surface area contributed by atoms with Crippen LogP contribution < -0.4 is 9.47 Å². The van der Waals surface area contributed by atoms with Gasteiger partial charge in [-0.15, -0.1) is 11.8 Å². The van der Waals surface area contributed by atoms with Crippen molar-refractivity contribution in [1.82, 2.24) is 0 Å². The van der Waals surface area contributed by atoms with Crippen LogP contribution in [0.3, 0.4) is 0 Å². The Balaban J connectivity index is 2.18. The zero-order valence-corrected chi connectivity index (χ0v) is 13.3. The fourth-order valence-electron chi connectivity index (χ4n) is 2.94. The topological polar surface area (TPSA) is 55.8 Å². The first-order valence-corrected chi connectivity index (χ1v) is 8.26. The summed E-state index contributed by atoms with van der Waals surface area (Å²) in [6.07, 6.45) is 4.56. The minimum Gasteiger partial charge on any atom is -0.493 e. The molecular formula is C16H22O4S. The molecule has 1 aliphatic carbocycles. The Labute approximate surface area is 129 Å². The van der Waals surface area contributed by atoms with Crippen molar-refractivity contribution in [1.29, 1.82) is 0 Å². The number of thioether (sulfide) groups is 1.